The molecule has 4 heteroatoms. The van der Waals surface area contributed by atoms with Crippen molar-refractivity contribution in [1.29, 1.82) is 0 Å². The van der Waals surface area contributed by atoms with E-state index in [-0.39, 0.29) is 18.1 Å². The fourth-order valence-corrected chi connectivity index (χ4v) is 3.05. The molecule has 2 N–H and O–H groups in total. The Balaban J connectivity index is 1.90. The number of carbonyl (C=O) groups is 1. The highest BCUT2D eigenvalue weighted by Gasteiger charge is 2.34. The highest BCUT2D eigenvalue weighted by atomic mass is 16.5. The van der Waals surface area contributed by atoms with E-state index in [1.54, 1.807) is 0 Å². The normalized spacial score (nSPS) is 38.1. The lowest BCUT2D eigenvalue weighted by Crippen LogP contribution is -2.45. The third-order valence-corrected chi connectivity index (χ3v) is 4.30. The van der Waals surface area contributed by atoms with Gasteiger partial charge in [0.2, 0.25) is 5.91 Å². The molecule has 2 unspecified atom stereocenters. The third kappa shape index (κ3) is 2.80. The molecule has 0 radical (unpaired) electrons. The maximum atomic E-state index is 12.4. The van der Waals surface area contributed by atoms with Crippen LogP contribution in [0.4, 0.5) is 0 Å². The van der Waals surface area contributed by atoms with Gasteiger partial charge in [-0.2, -0.15) is 0 Å². The van der Waals surface area contributed by atoms with Crippen molar-refractivity contribution in [3.05, 3.63) is 0 Å². The summed E-state index contributed by atoms with van der Waals surface area (Å²) < 4.78 is 5.53. The van der Waals surface area contributed by atoms with Crippen LogP contribution in [0.1, 0.15) is 39.0 Å². The van der Waals surface area contributed by atoms with Gasteiger partial charge in [-0.3, -0.25) is 4.79 Å². The first-order chi connectivity index (χ1) is 8.09. The summed E-state index contributed by atoms with van der Waals surface area (Å²) in [5.74, 6) is 0.479. The molecule has 0 aromatic carbocycles. The van der Waals surface area contributed by atoms with Gasteiger partial charge in [0.15, 0.2) is 0 Å². The van der Waals surface area contributed by atoms with Gasteiger partial charge in [-0.25, -0.2) is 0 Å². The number of rotatable bonds is 2. The Labute approximate surface area is 103 Å². The number of hydrogen-bond acceptors (Lipinski definition) is 3. The van der Waals surface area contributed by atoms with Gasteiger partial charge in [0.1, 0.15) is 0 Å². The summed E-state index contributed by atoms with van der Waals surface area (Å²) in [5.41, 5.74) is 5.87. The number of hydrogen-bond donors (Lipinski definition) is 1. The zero-order valence-electron chi connectivity index (χ0n) is 10.9. The van der Waals surface area contributed by atoms with E-state index in [1.165, 1.54) is 0 Å². The lowest BCUT2D eigenvalue weighted by atomic mass is 9.85. The van der Waals surface area contributed by atoms with Crippen LogP contribution in [0.15, 0.2) is 0 Å². The first-order valence-corrected chi connectivity index (χ1v) is 6.73. The second-order valence-electron chi connectivity index (χ2n) is 5.49. The summed E-state index contributed by atoms with van der Waals surface area (Å²) in [5, 5.41) is 0. The van der Waals surface area contributed by atoms with E-state index in [0.717, 1.165) is 38.7 Å². The van der Waals surface area contributed by atoms with E-state index in [1.807, 2.05) is 11.9 Å². The fraction of sp³-hybridized carbons (Fsp3) is 0.923. The third-order valence-electron chi connectivity index (χ3n) is 4.30. The van der Waals surface area contributed by atoms with Gasteiger partial charge in [0.05, 0.1) is 12.1 Å². The van der Waals surface area contributed by atoms with Gasteiger partial charge in [-0.1, -0.05) is 0 Å². The summed E-state index contributed by atoms with van der Waals surface area (Å²) in [6, 6.07) is 0.566. The standard InChI is InChI=1S/C13H24N2O2/c1-9-12(7-8-17-9)15(2)13(16)10-3-5-11(14)6-4-10/h9-12H,3-8,14H2,1-2H3. The predicted octanol–water partition coefficient (Wildman–Crippen LogP) is 1.14. The summed E-state index contributed by atoms with van der Waals surface area (Å²) in [7, 11) is 1.92. The summed E-state index contributed by atoms with van der Waals surface area (Å²) in [6.45, 7) is 2.83. The van der Waals surface area contributed by atoms with Gasteiger partial charge >= 0.3 is 0 Å². The zero-order valence-corrected chi connectivity index (χ0v) is 10.9. The largest absolute Gasteiger partial charge is 0.376 e. The van der Waals surface area contributed by atoms with Crippen LogP contribution in [0.5, 0.6) is 0 Å². The molecular weight excluding hydrogens is 216 g/mol. The van der Waals surface area contributed by atoms with Crippen molar-refractivity contribution in [1.82, 2.24) is 4.90 Å². The molecule has 0 aromatic heterocycles. The van der Waals surface area contributed by atoms with Crippen LogP contribution in [0.25, 0.3) is 0 Å². The Bertz CT molecular complexity index is 275. The van der Waals surface area contributed by atoms with Crippen molar-refractivity contribution < 1.29 is 9.53 Å². The van der Waals surface area contributed by atoms with Gasteiger partial charge in [0.25, 0.3) is 0 Å². The van der Waals surface area contributed by atoms with E-state index in [0.29, 0.717) is 11.9 Å². The molecule has 98 valence electrons. The van der Waals surface area contributed by atoms with Crippen molar-refractivity contribution in [2.45, 2.75) is 57.2 Å². The molecule has 1 amide bonds. The van der Waals surface area contributed by atoms with Crippen LogP contribution in [0.3, 0.4) is 0 Å². The molecule has 2 atom stereocenters. The molecule has 1 saturated carbocycles. The Morgan fingerprint density at radius 3 is 2.41 bits per heavy atom. The van der Waals surface area contributed by atoms with Crippen molar-refractivity contribution in [3.8, 4) is 0 Å². The second-order valence-corrected chi connectivity index (χ2v) is 5.49. The molecule has 1 aliphatic heterocycles. The van der Waals surface area contributed by atoms with Crippen LogP contribution < -0.4 is 5.73 Å². The lowest BCUT2D eigenvalue weighted by Gasteiger charge is -2.33. The number of amides is 1. The molecule has 2 aliphatic rings. The number of likely N-dealkylation sites (N-methyl/N-ethyl adjacent to an activating group) is 1. The molecule has 2 fully saturated rings. The van der Waals surface area contributed by atoms with Gasteiger partial charge in [-0.05, 0) is 39.0 Å². The number of nitrogens with zero attached hydrogens (tertiary/aromatic N) is 1. The molecule has 0 bridgehead atoms. The Hall–Kier alpha value is -0.610. The molecule has 1 heterocycles. The Morgan fingerprint density at radius 1 is 1.24 bits per heavy atom. The summed E-state index contributed by atoms with van der Waals surface area (Å²) >= 11 is 0. The Morgan fingerprint density at radius 2 is 1.88 bits per heavy atom. The highest BCUT2D eigenvalue weighted by molar-refractivity contribution is 5.79. The molecule has 1 aliphatic carbocycles. The summed E-state index contributed by atoms with van der Waals surface area (Å²) in [6.07, 6.45) is 5.02. The lowest BCUT2D eigenvalue weighted by molar-refractivity contribution is -0.138. The van der Waals surface area contributed by atoms with Crippen molar-refractivity contribution in [2.75, 3.05) is 13.7 Å². The summed E-state index contributed by atoms with van der Waals surface area (Å²) in [4.78, 5) is 14.3. The van der Waals surface area contributed by atoms with Crippen LogP contribution in [0, 0.1) is 5.92 Å². The molecule has 2 rings (SSSR count). The first-order valence-electron chi connectivity index (χ1n) is 6.73. The maximum absolute atomic E-state index is 12.4. The van der Waals surface area contributed by atoms with Crippen LogP contribution in [-0.2, 0) is 9.53 Å². The maximum Gasteiger partial charge on any atom is 0.225 e. The van der Waals surface area contributed by atoms with E-state index in [4.69, 9.17) is 10.5 Å². The average molecular weight is 240 g/mol. The number of nitrogens with two attached hydrogens (primary N) is 1. The zero-order chi connectivity index (χ0) is 12.4. The minimum atomic E-state index is 0.176. The minimum Gasteiger partial charge on any atom is -0.376 e. The molecule has 1 saturated heterocycles. The molecule has 0 aromatic rings. The topological polar surface area (TPSA) is 55.6 Å². The van der Waals surface area contributed by atoms with Gasteiger partial charge in [-0.15, -0.1) is 0 Å². The van der Waals surface area contributed by atoms with E-state index in [2.05, 4.69) is 6.92 Å². The van der Waals surface area contributed by atoms with Gasteiger partial charge < -0.3 is 15.4 Å². The number of carbonyl (C=O) groups excluding carboxylic acids is 1. The first kappa shape index (κ1) is 12.8. The fourth-order valence-electron chi connectivity index (χ4n) is 3.05. The minimum absolute atomic E-state index is 0.176. The molecule has 0 spiro atoms. The van der Waals surface area contributed by atoms with E-state index < -0.39 is 0 Å². The average Bonchev–Trinajstić information content (AvgIpc) is 2.74. The molecule has 17 heavy (non-hydrogen) atoms. The van der Waals surface area contributed by atoms with Crippen LogP contribution >= 0.6 is 0 Å². The molecular formula is C13H24N2O2. The van der Waals surface area contributed by atoms with Crippen molar-refractivity contribution in [3.63, 3.8) is 0 Å². The van der Waals surface area contributed by atoms with E-state index >= 15 is 0 Å². The van der Waals surface area contributed by atoms with Gasteiger partial charge in [0, 0.05) is 25.6 Å². The predicted molar refractivity (Wildman–Crippen MR) is 66.5 cm³/mol. The van der Waals surface area contributed by atoms with Crippen LogP contribution in [0.2, 0.25) is 0 Å². The van der Waals surface area contributed by atoms with Crippen molar-refractivity contribution >= 4 is 5.91 Å². The SMILES string of the molecule is CC1OCCC1N(C)C(=O)C1CCC(N)CC1. The van der Waals surface area contributed by atoms with Crippen LogP contribution in [-0.4, -0.2) is 42.6 Å². The quantitative estimate of drug-likeness (QED) is 0.787. The van der Waals surface area contributed by atoms with Crippen molar-refractivity contribution in [2.24, 2.45) is 11.7 Å². The number of ether oxygens (including phenoxy) is 1. The monoisotopic (exact) mass is 240 g/mol. The Kier molecular flexibility index (Phi) is 4.05. The van der Waals surface area contributed by atoms with E-state index in [9.17, 15) is 4.79 Å². The smallest absolute Gasteiger partial charge is 0.225 e. The molecule has 4 nitrogen and oxygen atoms in total. The highest BCUT2D eigenvalue weighted by Crippen LogP contribution is 2.27. The second kappa shape index (κ2) is 5.36.